The smallest absolute Gasteiger partial charge is 0.264 e. The summed E-state index contributed by atoms with van der Waals surface area (Å²) in [7, 11) is -3.82. The first-order valence-electron chi connectivity index (χ1n) is 7.65. The van der Waals surface area contributed by atoms with Gasteiger partial charge in [0.15, 0.2) is 0 Å². The van der Waals surface area contributed by atoms with Crippen LogP contribution in [0.3, 0.4) is 0 Å². The molecular weight excluding hydrogens is 346 g/mol. The lowest BCUT2D eigenvalue weighted by molar-refractivity contribution is -0.119. The monoisotopic (exact) mass is 365 g/mol. The molecule has 0 aromatic heterocycles. The first-order valence-corrected chi connectivity index (χ1v) is 9.51. The molecule has 0 aliphatic heterocycles. The van der Waals surface area contributed by atoms with Gasteiger partial charge in [0.05, 0.1) is 4.90 Å². The average molecular weight is 366 g/mol. The van der Waals surface area contributed by atoms with Gasteiger partial charge in [-0.25, -0.2) is 13.1 Å². The minimum absolute atomic E-state index is 0.108. The molecule has 2 aromatic rings. The van der Waals surface area contributed by atoms with Crippen LogP contribution in [0.25, 0.3) is 0 Å². The number of carbonyl (C=O) groups excluding carboxylic acids is 1. The summed E-state index contributed by atoms with van der Waals surface area (Å²) in [6.07, 6.45) is 1.40. The molecule has 2 rings (SSSR count). The van der Waals surface area contributed by atoms with Crippen molar-refractivity contribution < 1.29 is 13.2 Å². The van der Waals surface area contributed by atoms with Crippen LogP contribution in [0.5, 0.6) is 0 Å². The second-order valence-electron chi connectivity index (χ2n) is 5.75. The predicted octanol–water partition coefficient (Wildman–Crippen LogP) is 3.78. The largest absolute Gasteiger partial charge is 0.274 e. The molecule has 0 fully saturated rings. The van der Waals surface area contributed by atoms with Gasteiger partial charge in [0, 0.05) is 11.4 Å². The number of hydrogen-bond donors (Lipinski definition) is 1. The van der Waals surface area contributed by atoms with Gasteiger partial charge >= 0.3 is 0 Å². The maximum Gasteiger partial charge on any atom is 0.264 e. The number of rotatable bonds is 6. The summed E-state index contributed by atoms with van der Waals surface area (Å²) in [5.41, 5.74) is 2.93. The minimum atomic E-state index is -3.82. The summed E-state index contributed by atoms with van der Waals surface area (Å²) in [6.45, 7) is 3.74. The standard InChI is InChI=1S/C18H20ClNO3S/c1-13-6-11-17(12-14(13)2)24(22,23)20-18(21)5-3-4-15-7-9-16(19)10-8-15/h6-12H,3-5H2,1-2H3,(H,20,21). The van der Waals surface area contributed by atoms with Crippen molar-refractivity contribution in [2.75, 3.05) is 0 Å². The number of aryl methyl sites for hydroxylation is 3. The van der Waals surface area contributed by atoms with E-state index in [0.29, 0.717) is 17.9 Å². The molecule has 0 heterocycles. The molecule has 128 valence electrons. The Bertz CT molecular complexity index is 830. The van der Waals surface area contributed by atoms with Crippen molar-refractivity contribution in [2.24, 2.45) is 0 Å². The second-order valence-corrected chi connectivity index (χ2v) is 7.87. The predicted molar refractivity (Wildman–Crippen MR) is 95.6 cm³/mol. The number of halogens is 1. The van der Waals surface area contributed by atoms with E-state index < -0.39 is 15.9 Å². The molecule has 0 aliphatic rings. The quantitative estimate of drug-likeness (QED) is 0.847. The zero-order valence-corrected chi connectivity index (χ0v) is 15.2. The van der Waals surface area contributed by atoms with Gasteiger partial charge in [-0.3, -0.25) is 4.79 Å². The highest BCUT2D eigenvalue weighted by molar-refractivity contribution is 7.90. The third-order valence-electron chi connectivity index (χ3n) is 3.82. The molecule has 0 saturated heterocycles. The number of nitrogens with one attached hydrogen (secondary N) is 1. The van der Waals surface area contributed by atoms with Crippen LogP contribution in [-0.2, 0) is 21.2 Å². The van der Waals surface area contributed by atoms with E-state index in [1.807, 2.05) is 26.0 Å². The highest BCUT2D eigenvalue weighted by atomic mass is 35.5. The average Bonchev–Trinajstić information content (AvgIpc) is 2.51. The molecule has 0 atom stereocenters. The summed E-state index contributed by atoms with van der Waals surface area (Å²) in [5, 5.41) is 0.663. The van der Waals surface area contributed by atoms with E-state index in [2.05, 4.69) is 4.72 Å². The van der Waals surface area contributed by atoms with Gasteiger partial charge in [-0.05, 0) is 67.6 Å². The summed E-state index contributed by atoms with van der Waals surface area (Å²) in [6, 6.07) is 12.2. The molecule has 6 heteroatoms. The number of sulfonamides is 1. The summed E-state index contributed by atoms with van der Waals surface area (Å²) in [5.74, 6) is -0.498. The van der Waals surface area contributed by atoms with Gasteiger partial charge in [-0.15, -0.1) is 0 Å². The van der Waals surface area contributed by atoms with Gasteiger partial charge in [-0.2, -0.15) is 0 Å². The lowest BCUT2D eigenvalue weighted by Crippen LogP contribution is -2.30. The molecule has 2 aromatic carbocycles. The molecule has 1 amide bonds. The lowest BCUT2D eigenvalue weighted by atomic mass is 10.1. The first kappa shape index (κ1) is 18.5. The van der Waals surface area contributed by atoms with Crippen molar-refractivity contribution >= 4 is 27.5 Å². The van der Waals surface area contributed by atoms with E-state index in [4.69, 9.17) is 11.6 Å². The minimum Gasteiger partial charge on any atom is -0.274 e. The van der Waals surface area contributed by atoms with Crippen LogP contribution < -0.4 is 4.72 Å². The van der Waals surface area contributed by atoms with Crippen molar-refractivity contribution in [3.8, 4) is 0 Å². The van der Waals surface area contributed by atoms with E-state index in [9.17, 15) is 13.2 Å². The number of benzene rings is 2. The third-order valence-corrected chi connectivity index (χ3v) is 5.44. The van der Waals surface area contributed by atoms with Crippen LogP contribution in [0, 0.1) is 13.8 Å². The number of amides is 1. The van der Waals surface area contributed by atoms with Crippen LogP contribution in [-0.4, -0.2) is 14.3 Å². The van der Waals surface area contributed by atoms with Crippen molar-refractivity contribution in [3.63, 3.8) is 0 Å². The lowest BCUT2D eigenvalue weighted by Gasteiger charge is -2.09. The Morgan fingerprint density at radius 2 is 1.71 bits per heavy atom. The van der Waals surface area contributed by atoms with Crippen molar-refractivity contribution in [2.45, 2.75) is 38.0 Å². The highest BCUT2D eigenvalue weighted by Gasteiger charge is 2.17. The van der Waals surface area contributed by atoms with E-state index in [-0.39, 0.29) is 11.3 Å². The van der Waals surface area contributed by atoms with E-state index in [0.717, 1.165) is 16.7 Å². The van der Waals surface area contributed by atoms with Crippen LogP contribution in [0.1, 0.15) is 29.5 Å². The zero-order chi connectivity index (χ0) is 17.7. The third kappa shape index (κ3) is 5.08. The van der Waals surface area contributed by atoms with E-state index >= 15 is 0 Å². The molecule has 24 heavy (non-hydrogen) atoms. The molecule has 4 nitrogen and oxygen atoms in total. The normalized spacial score (nSPS) is 11.3. The van der Waals surface area contributed by atoms with Crippen molar-refractivity contribution in [3.05, 3.63) is 64.2 Å². The Morgan fingerprint density at radius 1 is 1.04 bits per heavy atom. The van der Waals surface area contributed by atoms with Gasteiger partial charge in [0.1, 0.15) is 0 Å². The van der Waals surface area contributed by atoms with Crippen LogP contribution in [0.2, 0.25) is 5.02 Å². The molecule has 0 spiro atoms. The van der Waals surface area contributed by atoms with Gasteiger partial charge in [-0.1, -0.05) is 29.8 Å². The fraction of sp³-hybridized carbons (Fsp3) is 0.278. The Balaban J connectivity index is 1.90. The van der Waals surface area contributed by atoms with Crippen LogP contribution in [0.4, 0.5) is 0 Å². The Morgan fingerprint density at radius 3 is 2.33 bits per heavy atom. The Kier molecular flexibility index (Phi) is 6.02. The fourth-order valence-electron chi connectivity index (χ4n) is 2.25. The molecule has 0 saturated carbocycles. The first-order chi connectivity index (χ1) is 11.3. The Labute approximate surface area is 147 Å². The maximum absolute atomic E-state index is 12.2. The van der Waals surface area contributed by atoms with Crippen molar-refractivity contribution in [1.82, 2.24) is 4.72 Å². The Hall–Kier alpha value is -1.85. The molecular formula is C18H20ClNO3S. The van der Waals surface area contributed by atoms with E-state index in [1.165, 1.54) is 6.07 Å². The number of hydrogen-bond acceptors (Lipinski definition) is 3. The fourth-order valence-corrected chi connectivity index (χ4v) is 3.47. The maximum atomic E-state index is 12.2. The van der Waals surface area contributed by atoms with Gasteiger partial charge in [0.2, 0.25) is 5.91 Å². The summed E-state index contributed by atoms with van der Waals surface area (Å²) >= 11 is 5.82. The second kappa shape index (κ2) is 7.81. The summed E-state index contributed by atoms with van der Waals surface area (Å²) < 4.78 is 26.6. The van der Waals surface area contributed by atoms with Crippen molar-refractivity contribution in [1.29, 1.82) is 0 Å². The summed E-state index contributed by atoms with van der Waals surface area (Å²) in [4.78, 5) is 12.0. The molecule has 0 radical (unpaired) electrons. The van der Waals surface area contributed by atoms with Gasteiger partial charge < -0.3 is 0 Å². The molecule has 0 unspecified atom stereocenters. The molecule has 0 bridgehead atoms. The molecule has 1 N–H and O–H groups in total. The van der Waals surface area contributed by atoms with Crippen LogP contribution >= 0.6 is 11.6 Å². The SMILES string of the molecule is Cc1ccc(S(=O)(=O)NC(=O)CCCc2ccc(Cl)cc2)cc1C. The number of carbonyl (C=O) groups is 1. The van der Waals surface area contributed by atoms with E-state index in [1.54, 1.807) is 24.3 Å². The zero-order valence-electron chi connectivity index (χ0n) is 13.7. The van der Waals surface area contributed by atoms with Gasteiger partial charge in [0.25, 0.3) is 10.0 Å². The topological polar surface area (TPSA) is 63.2 Å². The molecule has 0 aliphatic carbocycles. The highest BCUT2D eigenvalue weighted by Crippen LogP contribution is 2.15. The van der Waals surface area contributed by atoms with Crippen LogP contribution in [0.15, 0.2) is 47.4 Å².